The lowest BCUT2D eigenvalue weighted by Crippen LogP contribution is -2.35. The van der Waals surface area contributed by atoms with E-state index in [2.05, 4.69) is 15.6 Å². The summed E-state index contributed by atoms with van der Waals surface area (Å²) in [6.07, 6.45) is 5.45. The molecule has 19 heavy (non-hydrogen) atoms. The van der Waals surface area contributed by atoms with Crippen molar-refractivity contribution >= 4 is 11.3 Å². The molecule has 1 aromatic heterocycles. The molecule has 0 atom stereocenters. The summed E-state index contributed by atoms with van der Waals surface area (Å²) in [6, 6.07) is 0.726. The number of nitrogens with zero attached hydrogens (tertiary/aromatic N) is 2. The van der Waals surface area contributed by atoms with Crippen LogP contribution in [0.1, 0.15) is 36.4 Å². The van der Waals surface area contributed by atoms with Crippen LogP contribution in [-0.4, -0.2) is 42.2 Å². The third-order valence-electron chi connectivity index (χ3n) is 3.99. The molecule has 2 heterocycles. The average Bonchev–Trinajstić information content (AvgIpc) is 3.09. The van der Waals surface area contributed by atoms with E-state index in [1.54, 1.807) is 11.3 Å². The highest BCUT2D eigenvalue weighted by atomic mass is 32.1. The van der Waals surface area contributed by atoms with Crippen LogP contribution in [0.5, 0.6) is 0 Å². The molecule has 4 nitrogen and oxygen atoms in total. The lowest BCUT2D eigenvalue weighted by atomic mass is 10.2. The minimum absolute atomic E-state index is 0.726. The Morgan fingerprint density at radius 1 is 1.32 bits per heavy atom. The maximum Gasteiger partial charge on any atom is 0.107 e. The van der Waals surface area contributed by atoms with E-state index in [1.807, 2.05) is 0 Å². The monoisotopic (exact) mass is 281 g/mol. The van der Waals surface area contributed by atoms with Crippen molar-refractivity contribution in [3.05, 3.63) is 16.1 Å². The van der Waals surface area contributed by atoms with Gasteiger partial charge in [0.25, 0.3) is 0 Å². The molecule has 1 saturated carbocycles. The molecule has 1 N–H and O–H groups in total. The Morgan fingerprint density at radius 2 is 2.11 bits per heavy atom. The number of ether oxygens (including phenoxy) is 1. The minimum Gasteiger partial charge on any atom is -0.379 e. The third-order valence-corrected chi connectivity index (χ3v) is 4.87. The van der Waals surface area contributed by atoms with Crippen molar-refractivity contribution < 1.29 is 4.74 Å². The van der Waals surface area contributed by atoms with Crippen LogP contribution in [0.2, 0.25) is 0 Å². The minimum atomic E-state index is 0.726. The van der Waals surface area contributed by atoms with E-state index in [1.165, 1.54) is 36.4 Å². The predicted octanol–water partition coefficient (Wildman–Crippen LogP) is 2.01. The normalized spacial score (nSPS) is 22.1. The van der Waals surface area contributed by atoms with Gasteiger partial charge in [-0.1, -0.05) is 12.8 Å². The van der Waals surface area contributed by atoms with Crippen LogP contribution in [0.15, 0.2) is 5.38 Å². The first-order chi connectivity index (χ1) is 9.40. The lowest BCUT2D eigenvalue weighted by molar-refractivity contribution is 0.0341. The summed E-state index contributed by atoms with van der Waals surface area (Å²) in [7, 11) is 0. The fourth-order valence-electron chi connectivity index (χ4n) is 2.83. The Bertz CT molecular complexity index is 384. The van der Waals surface area contributed by atoms with Gasteiger partial charge >= 0.3 is 0 Å². The molecular formula is C14H23N3OS. The van der Waals surface area contributed by atoms with Gasteiger partial charge in [0.15, 0.2) is 0 Å². The van der Waals surface area contributed by atoms with Gasteiger partial charge in [-0.15, -0.1) is 11.3 Å². The molecule has 0 aromatic carbocycles. The number of hydrogen-bond donors (Lipinski definition) is 1. The highest BCUT2D eigenvalue weighted by molar-refractivity contribution is 7.09. The van der Waals surface area contributed by atoms with Crippen molar-refractivity contribution in [3.63, 3.8) is 0 Å². The number of morpholine rings is 1. The van der Waals surface area contributed by atoms with Crippen molar-refractivity contribution in [2.75, 3.05) is 26.3 Å². The molecule has 0 radical (unpaired) electrons. The van der Waals surface area contributed by atoms with E-state index in [4.69, 9.17) is 9.72 Å². The molecule has 1 aliphatic carbocycles. The first-order valence-corrected chi connectivity index (χ1v) is 8.25. The highest BCUT2D eigenvalue weighted by Gasteiger charge is 2.15. The Hall–Kier alpha value is -0.490. The van der Waals surface area contributed by atoms with Crippen molar-refractivity contribution in [2.24, 2.45) is 0 Å². The van der Waals surface area contributed by atoms with E-state index in [9.17, 15) is 0 Å². The van der Waals surface area contributed by atoms with E-state index in [-0.39, 0.29) is 0 Å². The Morgan fingerprint density at radius 3 is 2.89 bits per heavy atom. The zero-order chi connectivity index (χ0) is 12.9. The maximum absolute atomic E-state index is 5.37. The van der Waals surface area contributed by atoms with Gasteiger partial charge < -0.3 is 10.1 Å². The standard InChI is InChI=1S/C14H23N3OS/c1-2-4-12(3-1)15-9-13-11-19-14(16-13)10-17-5-7-18-8-6-17/h11-12,15H,1-10H2. The molecular weight excluding hydrogens is 258 g/mol. The molecule has 1 aliphatic heterocycles. The third kappa shape index (κ3) is 3.99. The summed E-state index contributed by atoms with van der Waals surface area (Å²) in [6.45, 7) is 5.72. The van der Waals surface area contributed by atoms with Crippen LogP contribution >= 0.6 is 11.3 Å². The summed E-state index contributed by atoms with van der Waals surface area (Å²) in [5, 5.41) is 7.07. The predicted molar refractivity (Wildman–Crippen MR) is 77.3 cm³/mol. The SMILES string of the molecule is c1sc(CN2CCOCC2)nc1CNC1CCCC1. The van der Waals surface area contributed by atoms with Gasteiger partial charge in [-0.3, -0.25) is 4.90 Å². The highest BCUT2D eigenvalue weighted by Crippen LogP contribution is 2.19. The summed E-state index contributed by atoms with van der Waals surface area (Å²) in [4.78, 5) is 7.17. The average molecular weight is 281 g/mol. The van der Waals surface area contributed by atoms with Crippen LogP contribution < -0.4 is 5.32 Å². The molecule has 3 rings (SSSR count). The summed E-state index contributed by atoms with van der Waals surface area (Å²) < 4.78 is 5.37. The molecule has 1 aromatic rings. The molecule has 1 saturated heterocycles. The summed E-state index contributed by atoms with van der Waals surface area (Å²) in [5.74, 6) is 0. The quantitative estimate of drug-likeness (QED) is 0.896. The van der Waals surface area contributed by atoms with Gasteiger partial charge in [0.1, 0.15) is 5.01 Å². The second-order valence-electron chi connectivity index (χ2n) is 5.48. The first-order valence-electron chi connectivity index (χ1n) is 7.37. The zero-order valence-electron chi connectivity index (χ0n) is 11.4. The van der Waals surface area contributed by atoms with Gasteiger partial charge in [-0.2, -0.15) is 0 Å². The van der Waals surface area contributed by atoms with Gasteiger partial charge in [0, 0.05) is 31.1 Å². The molecule has 2 aliphatic rings. The van der Waals surface area contributed by atoms with Gasteiger partial charge in [-0.25, -0.2) is 4.98 Å². The molecule has 0 bridgehead atoms. The molecule has 5 heteroatoms. The fraction of sp³-hybridized carbons (Fsp3) is 0.786. The van der Waals surface area contributed by atoms with Gasteiger partial charge in [0.05, 0.1) is 25.5 Å². The van der Waals surface area contributed by atoms with Crippen LogP contribution in [-0.2, 0) is 17.8 Å². The number of nitrogens with one attached hydrogen (secondary N) is 1. The molecule has 0 spiro atoms. The van der Waals surface area contributed by atoms with Crippen molar-refractivity contribution in [3.8, 4) is 0 Å². The van der Waals surface area contributed by atoms with Crippen LogP contribution in [0, 0.1) is 0 Å². The summed E-state index contributed by atoms with van der Waals surface area (Å²) in [5.41, 5.74) is 1.21. The molecule has 0 unspecified atom stereocenters. The topological polar surface area (TPSA) is 37.4 Å². The lowest BCUT2D eigenvalue weighted by Gasteiger charge is -2.25. The number of thiazole rings is 1. The second-order valence-corrected chi connectivity index (χ2v) is 6.43. The molecule has 0 amide bonds. The number of hydrogen-bond acceptors (Lipinski definition) is 5. The summed E-state index contributed by atoms with van der Waals surface area (Å²) >= 11 is 1.79. The van der Waals surface area contributed by atoms with Crippen molar-refractivity contribution in [1.82, 2.24) is 15.2 Å². The molecule has 2 fully saturated rings. The Labute approximate surface area is 119 Å². The largest absolute Gasteiger partial charge is 0.379 e. The first kappa shape index (κ1) is 13.5. The maximum atomic E-state index is 5.37. The Balaban J connectivity index is 1.45. The smallest absolute Gasteiger partial charge is 0.107 e. The van der Waals surface area contributed by atoms with E-state index in [0.717, 1.165) is 45.4 Å². The van der Waals surface area contributed by atoms with E-state index >= 15 is 0 Å². The van der Waals surface area contributed by atoms with E-state index in [0.29, 0.717) is 0 Å². The van der Waals surface area contributed by atoms with Crippen LogP contribution in [0.4, 0.5) is 0 Å². The van der Waals surface area contributed by atoms with Crippen LogP contribution in [0.25, 0.3) is 0 Å². The number of aromatic nitrogens is 1. The van der Waals surface area contributed by atoms with E-state index < -0.39 is 0 Å². The van der Waals surface area contributed by atoms with Gasteiger partial charge in [-0.05, 0) is 12.8 Å². The van der Waals surface area contributed by atoms with Crippen molar-refractivity contribution in [2.45, 2.75) is 44.8 Å². The fourth-order valence-corrected chi connectivity index (χ4v) is 3.67. The Kier molecular flexibility index (Phi) is 4.82. The second kappa shape index (κ2) is 6.79. The number of rotatable bonds is 5. The zero-order valence-corrected chi connectivity index (χ0v) is 12.3. The molecule has 106 valence electrons. The van der Waals surface area contributed by atoms with Gasteiger partial charge in [0.2, 0.25) is 0 Å². The van der Waals surface area contributed by atoms with Crippen molar-refractivity contribution in [1.29, 1.82) is 0 Å². The van der Waals surface area contributed by atoms with Crippen LogP contribution in [0.3, 0.4) is 0 Å².